The van der Waals surface area contributed by atoms with Gasteiger partial charge in [-0.2, -0.15) is 0 Å². The van der Waals surface area contributed by atoms with Crippen LogP contribution >= 0.6 is 0 Å². The maximum Gasteiger partial charge on any atom is 0.303 e. The molecule has 1 fully saturated rings. The topological polar surface area (TPSA) is 103 Å². The summed E-state index contributed by atoms with van der Waals surface area (Å²) in [5, 5.41) is 11.8. The third-order valence-electron chi connectivity index (χ3n) is 7.61. The normalized spacial score (nSPS) is 18.5. The molecule has 8 nitrogen and oxygen atoms in total. The minimum absolute atomic E-state index is 0.0796. The Hall–Kier alpha value is -3.42. The predicted octanol–water partition coefficient (Wildman–Crippen LogP) is 5.64. The van der Waals surface area contributed by atoms with Crippen LogP contribution in [0.25, 0.3) is 0 Å². The first-order valence-electron chi connectivity index (χ1n) is 14.6. The Labute approximate surface area is 237 Å². The smallest absolute Gasteiger partial charge is 0.303 e. The molecule has 1 unspecified atom stereocenters. The third kappa shape index (κ3) is 7.61. The molecule has 1 aromatic carbocycles. The van der Waals surface area contributed by atoms with Crippen LogP contribution in [-0.4, -0.2) is 50.5 Å². The lowest BCUT2D eigenvalue weighted by Gasteiger charge is -2.29. The molecular formula is C32H43NO7. The number of rotatable bonds is 15. The Morgan fingerprint density at radius 3 is 2.62 bits per heavy atom. The van der Waals surface area contributed by atoms with E-state index in [2.05, 4.69) is 18.3 Å². The first-order valence-corrected chi connectivity index (χ1v) is 14.6. The van der Waals surface area contributed by atoms with Crippen molar-refractivity contribution in [1.29, 1.82) is 0 Å². The quantitative estimate of drug-likeness (QED) is 0.271. The molecule has 218 valence electrons. The number of nitrogens with one attached hydrogen (secondary N) is 1. The van der Waals surface area contributed by atoms with Gasteiger partial charge in [0, 0.05) is 31.0 Å². The Balaban J connectivity index is 1.38. The van der Waals surface area contributed by atoms with Crippen LogP contribution in [0.15, 0.2) is 46.9 Å². The molecule has 1 aliphatic heterocycles. The van der Waals surface area contributed by atoms with Gasteiger partial charge in [0.2, 0.25) is 0 Å². The van der Waals surface area contributed by atoms with E-state index in [1.165, 1.54) is 18.4 Å². The average molecular weight is 554 g/mol. The summed E-state index contributed by atoms with van der Waals surface area (Å²) in [6, 6.07) is 4.11. The van der Waals surface area contributed by atoms with Gasteiger partial charge in [0.15, 0.2) is 0 Å². The molecule has 0 bridgehead atoms. The number of carboxylic acids is 1. The number of allylic oxidation sites excluding steroid dienone is 3. The van der Waals surface area contributed by atoms with E-state index in [4.69, 9.17) is 24.1 Å². The molecule has 1 amide bonds. The lowest BCUT2D eigenvalue weighted by atomic mass is 9.95. The van der Waals surface area contributed by atoms with Crippen LogP contribution in [0.3, 0.4) is 0 Å². The number of carbonyl (C=O) groups is 2. The van der Waals surface area contributed by atoms with Crippen LogP contribution in [0.4, 0.5) is 0 Å². The lowest BCUT2D eigenvalue weighted by Crippen LogP contribution is -2.24. The summed E-state index contributed by atoms with van der Waals surface area (Å²) in [6.07, 6.45) is 12.5. The minimum Gasteiger partial charge on any atom is -0.496 e. The Morgan fingerprint density at radius 1 is 1.12 bits per heavy atom. The first-order chi connectivity index (χ1) is 19.4. The van der Waals surface area contributed by atoms with E-state index < -0.39 is 5.97 Å². The maximum atomic E-state index is 12.5. The molecule has 0 aromatic heterocycles. The number of aliphatic carboxylic acids is 1. The van der Waals surface area contributed by atoms with Crippen LogP contribution in [0.2, 0.25) is 0 Å². The zero-order chi connectivity index (χ0) is 28.5. The summed E-state index contributed by atoms with van der Waals surface area (Å²) in [5.74, 6) is 2.75. The van der Waals surface area contributed by atoms with Gasteiger partial charge in [-0.1, -0.05) is 25.5 Å². The monoisotopic (exact) mass is 553 g/mol. The number of fused-ring (bicyclic) bond motifs is 1. The number of amides is 1. The van der Waals surface area contributed by atoms with Gasteiger partial charge in [-0.15, -0.1) is 0 Å². The summed E-state index contributed by atoms with van der Waals surface area (Å²) < 4.78 is 24.6. The number of aryl methyl sites for hydroxylation is 1. The summed E-state index contributed by atoms with van der Waals surface area (Å²) in [4.78, 5) is 23.5. The van der Waals surface area contributed by atoms with Crippen LogP contribution in [0.1, 0.15) is 75.8 Å². The highest BCUT2D eigenvalue weighted by Gasteiger charge is 2.30. The summed E-state index contributed by atoms with van der Waals surface area (Å²) in [7, 11) is 3.24. The van der Waals surface area contributed by atoms with Crippen molar-refractivity contribution in [2.24, 2.45) is 5.92 Å². The van der Waals surface area contributed by atoms with E-state index >= 15 is 0 Å². The Kier molecular flexibility index (Phi) is 10.6. The number of likely N-dealkylation sites (N-methyl/N-ethyl adjacent to an activating group) is 1. The number of methoxy groups -OCH3 is 1. The summed E-state index contributed by atoms with van der Waals surface area (Å²) >= 11 is 0. The second-order valence-corrected chi connectivity index (χ2v) is 10.7. The Morgan fingerprint density at radius 2 is 1.93 bits per heavy atom. The second kappa shape index (κ2) is 14.3. The highest BCUT2D eigenvalue weighted by molar-refractivity contribution is 5.97. The van der Waals surface area contributed by atoms with Crippen LogP contribution < -0.4 is 14.8 Å². The fourth-order valence-corrected chi connectivity index (χ4v) is 5.36. The van der Waals surface area contributed by atoms with E-state index in [0.717, 1.165) is 60.5 Å². The van der Waals surface area contributed by atoms with Gasteiger partial charge >= 0.3 is 5.97 Å². The van der Waals surface area contributed by atoms with Crippen molar-refractivity contribution in [3.05, 3.63) is 58.1 Å². The average Bonchev–Trinajstić information content (AvgIpc) is 3.80. The molecule has 1 atom stereocenters. The van der Waals surface area contributed by atoms with E-state index in [-0.39, 0.29) is 18.4 Å². The zero-order valence-electron chi connectivity index (χ0n) is 24.1. The summed E-state index contributed by atoms with van der Waals surface area (Å²) in [5.41, 5.74) is 3.76. The molecule has 1 saturated carbocycles. The maximum absolute atomic E-state index is 12.5. The van der Waals surface area contributed by atoms with Gasteiger partial charge in [0.05, 0.1) is 32.0 Å². The second-order valence-electron chi connectivity index (χ2n) is 10.7. The molecule has 40 heavy (non-hydrogen) atoms. The zero-order valence-corrected chi connectivity index (χ0v) is 24.1. The van der Waals surface area contributed by atoms with Crippen molar-refractivity contribution in [3.63, 3.8) is 0 Å². The lowest BCUT2D eigenvalue weighted by molar-refractivity contribution is -0.137. The van der Waals surface area contributed by atoms with Crippen molar-refractivity contribution in [3.8, 4) is 11.5 Å². The SMILES string of the molecule is CCCc1c(OCCCOC2=CCC=C(C(=O)NC)C(OC)=C2CC2CC2)ccc2c1OC(CCC(=O)O)CC2. The van der Waals surface area contributed by atoms with Crippen molar-refractivity contribution < 1.29 is 33.6 Å². The molecule has 8 heteroatoms. The third-order valence-corrected chi connectivity index (χ3v) is 7.61. The van der Waals surface area contributed by atoms with Crippen LogP contribution in [-0.2, 0) is 31.9 Å². The number of hydrogen-bond donors (Lipinski definition) is 2. The van der Waals surface area contributed by atoms with Gasteiger partial charge in [-0.05, 0) is 75.0 Å². The number of carboxylic acid groups (broad SMARTS) is 1. The van der Waals surface area contributed by atoms with Crippen molar-refractivity contribution in [2.75, 3.05) is 27.4 Å². The van der Waals surface area contributed by atoms with E-state index in [1.54, 1.807) is 14.2 Å². The fraction of sp³-hybridized carbons (Fsp3) is 0.562. The van der Waals surface area contributed by atoms with Gasteiger partial charge in [0.1, 0.15) is 23.0 Å². The first kappa shape index (κ1) is 29.6. The van der Waals surface area contributed by atoms with Gasteiger partial charge in [-0.25, -0.2) is 0 Å². The Bertz CT molecular complexity index is 1160. The van der Waals surface area contributed by atoms with Gasteiger partial charge < -0.3 is 29.4 Å². The van der Waals surface area contributed by atoms with E-state index in [1.807, 2.05) is 18.2 Å². The molecule has 0 radical (unpaired) electrons. The minimum atomic E-state index is -0.793. The number of ether oxygens (including phenoxy) is 4. The molecule has 1 heterocycles. The predicted molar refractivity (Wildman–Crippen MR) is 152 cm³/mol. The van der Waals surface area contributed by atoms with Crippen molar-refractivity contribution in [1.82, 2.24) is 5.32 Å². The molecular weight excluding hydrogens is 510 g/mol. The van der Waals surface area contributed by atoms with Crippen molar-refractivity contribution in [2.45, 2.75) is 83.7 Å². The number of hydrogen-bond acceptors (Lipinski definition) is 6. The molecule has 4 rings (SSSR count). The standard InChI is InChI=1S/C32H43NO7/c1-4-7-24-28(16-13-22-12-14-23(40-30(22)24)15-17-29(34)35)39-19-6-18-38-27-9-5-8-25(32(36)33-2)31(37-3)26(27)20-21-10-11-21/h8-9,13,16,21,23H,4-7,10-12,14-15,17-20H2,1-3H3,(H,33,36)(H,34,35). The molecule has 3 aliphatic rings. The number of carbonyl (C=O) groups excluding carboxylic acids is 1. The molecule has 2 aliphatic carbocycles. The van der Waals surface area contributed by atoms with Crippen LogP contribution in [0, 0.1) is 5.92 Å². The fourth-order valence-electron chi connectivity index (χ4n) is 5.36. The van der Waals surface area contributed by atoms with E-state index in [9.17, 15) is 9.59 Å². The molecule has 0 saturated heterocycles. The van der Waals surface area contributed by atoms with Crippen molar-refractivity contribution >= 4 is 11.9 Å². The highest BCUT2D eigenvalue weighted by Crippen LogP contribution is 2.41. The molecule has 0 spiro atoms. The molecule has 2 N–H and O–H groups in total. The van der Waals surface area contributed by atoms with E-state index in [0.29, 0.717) is 49.7 Å². The van der Waals surface area contributed by atoms with Gasteiger partial charge in [-0.3, -0.25) is 9.59 Å². The van der Waals surface area contributed by atoms with Crippen LogP contribution in [0.5, 0.6) is 11.5 Å². The largest absolute Gasteiger partial charge is 0.496 e. The highest BCUT2D eigenvalue weighted by atomic mass is 16.5. The van der Waals surface area contributed by atoms with Gasteiger partial charge in [0.25, 0.3) is 5.91 Å². The number of benzene rings is 1. The summed E-state index contributed by atoms with van der Waals surface area (Å²) in [6.45, 7) is 3.10. The molecule has 1 aromatic rings.